The second kappa shape index (κ2) is 9.84. The third-order valence-corrected chi connectivity index (χ3v) is 5.13. The van der Waals surface area contributed by atoms with E-state index >= 15 is 0 Å². The molecule has 0 rings (SSSR count). The van der Waals surface area contributed by atoms with Crippen LogP contribution in [0.1, 0.15) is 52.9 Å². The fourth-order valence-corrected chi connectivity index (χ4v) is 2.62. The summed E-state index contributed by atoms with van der Waals surface area (Å²) in [7, 11) is 0.902. The number of esters is 1. The smallest absolute Gasteiger partial charge is 0.311 e. The van der Waals surface area contributed by atoms with Crippen LogP contribution in [0, 0.1) is 5.41 Å². The van der Waals surface area contributed by atoms with Gasteiger partial charge in [-0.05, 0) is 39.5 Å². The maximum absolute atomic E-state index is 11.9. The van der Waals surface area contributed by atoms with E-state index in [2.05, 4.69) is 14.1 Å². The standard InChI is InChI=1S/C16H35NO5S/c1-6-16(2,3)15(18)22-13-12-17(4,5)11-9-7-8-10-14-23(19,20)21/h6-14H2,1-5H3,(H2-,19,20,21)/p+1. The molecule has 0 unspecified atom stereocenters. The molecule has 0 saturated heterocycles. The average Bonchev–Trinajstić information content (AvgIpc) is 2.41. The highest BCUT2D eigenvalue weighted by atomic mass is 32.3. The van der Waals surface area contributed by atoms with Crippen molar-refractivity contribution in [1.29, 1.82) is 0 Å². The Labute approximate surface area is 143 Å². The van der Waals surface area contributed by atoms with Crippen molar-refractivity contribution in [1.82, 2.24) is 0 Å². The highest BCUT2D eigenvalue weighted by molar-refractivity contribution is 8.19. The van der Waals surface area contributed by atoms with Gasteiger partial charge in [0.2, 0.25) is 0 Å². The highest BCUT2D eigenvalue weighted by Crippen LogP contribution is 2.33. The first-order chi connectivity index (χ1) is 10.4. The van der Waals surface area contributed by atoms with Gasteiger partial charge >= 0.3 is 5.97 Å². The molecule has 0 aliphatic rings. The summed E-state index contributed by atoms with van der Waals surface area (Å²) in [5.41, 5.74) is -0.416. The molecule has 0 atom stereocenters. The molecule has 0 aromatic rings. The van der Waals surface area contributed by atoms with Crippen molar-refractivity contribution in [2.45, 2.75) is 52.9 Å². The van der Waals surface area contributed by atoms with Crippen LogP contribution in [0.3, 0.4) is 0 Å². The molecule has 7 heteroatoms. The molecule has 0 aliphatic carbocycles. The lowest BCUT2D eigenvalue weighted by Gasteiger charge is -2.30. The molecule has 0 amide bonds. The first-order valence-electron chi connectivity index (χ1n) is 8.37. The third kappa shape index (κ3) is 11.8. The molecule has 3 N–H and O–H groups in total. The van der Waals surface area contributed by atoms with Crippen molar-refractivity contribution in [3.8, 4) is 0 Å². The van der Waals surface area contributed by atoms with E-state index < -0.39 is 16.3 Å². The maximum Gasteiger partial charge on any atom is 0.311 e. The van der Waals surface area contributed by atoms with E-state index in [1.165, 1.54) is 0 Å². The number of carbonyl (C=O) groups is 1. The summed E-state index contributed by atoms with van der Waals surface area (Å²) in [6.07, 6.45) is 4.26. The minimum Gasteiger partial charge on any atom is -0.459 e. The second-order valence-corrected chi connectivity index (χ2v) is 9.18. The number of unbranched alkanes of at least 4 members (excludes halogenated alkanes) is 3. The van der Waals surface area contributed by atoms with Gasteiger partial charge in [0.05, 0.1) is 36.9 Å². The summed E-state index contributed by atoms with van der Waals surface area (Å²) >= 11 is 0. The Hall–Kier alpha value is -0.340. The van der Waals surface area contributed by atoms with E-state index in [-0.39, 0.29) is 11.7 Å². The van der Waals surface area contributed by atoms with E-state index in [1.807, 2.05) is 20.8 Å². The number of hydrogen-bond donors (Lipinski definition) is 3. The van der Waals surface area contributed by atoms with Gasteiger partial charge in [-0.1, -0.05) is 13.3 Å². The zero-order chi connectivity index (χ0) is 18.1. The number of nitrogens with zero attached hydrogens (tertiary/aromatic N) is 1. The number of ether oxygens (including phenoxy) is 1. The Balaban J connectivity index is 3.83. The Morgan fingerprint density at radius 2 is 1.61 bits per heavy atom. The van der Waals surface area contributed by atoms with Gasteiger partial charge in [-0.15, -0.1) is 0 Å². The molecular weight excluding hydrogens is 318 g/mol. The van der Waals surface area contributed by atoms with Crippen LogP contribution in [0.5, 0.6) is 0 Å². The van der Waals surface area contributed by atoms with Crippen molar-refractivity contribution < 1.29 is 27.7 Å². The second-order valence-electron chi connectivity index (χ2n) is 7.51. The molecule has 0 aromatic heterocycles. The van der Waals surface area contributed by atoms with Crippen molar-refractivity contribution in [3.05, 3.63) is 0 Å². The molecule has 0 saturated carbocycles. The number of quaternary nitrogens is 1. The van der Waals surface area contributed by atoms with Gasteiger partial charge in [-0.2, -0.15) is 0 Å². The summed E-state index contributed by atoms with van der Waals surface area (Å²) < 4.78 is 32.8. The van der Waals surface area contributed by atoms with E-state index in [0.29, 0.717) is 13.0 Å². The predicted molar refractivity (Wildman–Crippen MR) is 95.7 cm³/mol. The van der Waals surface area contributed by atoms with Gasteiger partial charge in [-0.25, -0.2) is 0 Å². The molecule has 0 aliphatic heterocycles. The molecule has 23 heavy (non-hydrogen) atoms. The summed E-state index contributed by atoms with van der Waals surface area (Å²) in [6, 6.07) is 0. The van der Waals surface area contributed by atoms with Crippen LogP contribution < -0.4 is 0 Å². The van der Waals surface area contributed by atoms with Gasteiger partial charge in [0, 0.05) is 5.75 Å². The fourth-order valence-electron chi connectivity index (χ4n) is 2.03. The quantitative estimate of drug-likeness (QED) is 0.282. The first kappa shape index (κ1) is 22.7. The normalized spacial score (nSPS) is 13.9. The Morgan fingerprint density at radius 3 is 2.13 bits per heavy atom. The summed E-state index contributed by atoms with van der Waals surface area (Å²) in [5.74, 6) is -0.0722. The van der Waals surface area contributed by atoms with Gasteiger partial charge < -0.3 is 22.9 Å². The lowest BCUT2D eigenvalue weighted by atomic mass is 9.91. The van der Waals surface area contributed by atoms with Crippen LogP contribution in [-0.2, 0) is 9.53 Å². The molecule has 0 aromatic carbocycles. The van der Waals surface area contributed by atoms with Crippen molar-refractivity contribution in [3.63, 3.8) is 0 Å². The Kier molecular flexibility index (Phi) is 9.69. The van der Waals surface area contributed by atoms with Crippen molar-refractivity contribution in [2.75, 3.05) is 39.5 Å². The SMILES string of the molecule is CCC(C)(C)C(=O)OCC[N+](C)(C)CCCCCCS(O)(O)O. The predicted octanol–water partition coefficient (Wildman–Crippen LogP) is 3.83. The zero-order valence-electron chi connectivity index (χ0n) is 15.4. The van der Waals surface area contributed by atoms with Gasteiger partial charge in [0.15, 0.2) is 0 Å². The molecule has 0 spiro atoms. The third-order valence-electron chi connectivity index (χ3n) is 4.30. The molecule has 0 bridgehead atoms. The number of likely N-dealkylation sites (N-methyl/N-ethyl adjacent to an activating group) is 1. The van der Waals surface area contributed by atoms with Crippen molar-refractivity contribution in [2.24, 2.45) is 5.41 Å². The lowest BCUT2D eigenvalue weighted by molar-refractivity contribution is -0.890. The van der Waals surface area contributed by atoms with Crippen LogP contribution in [0.2, 0.25) is 0 Å². The van der Waals surface area contributed by atoms with E-state index in [9.17, 15) is 4.79 Å². The zero-order valence-corrected chi connectivity index (χ0v) is 16.2. The van der Waals surface area contributed by atoms with Crippen molar-refractivity contribution >= 4 is 16.8 Å². The van der Waals surface area contributed by atoms with Crippen LogP contribution >= 0.6 is 10.9 Å². The fraction of sp³-hybridized carbons (Fsp3) is 0.938. The van der Waals surface area contributed by atoms with Gasteiger partial charge in [0.1, 0.15) is 13.2 Å². The van der Waals surface area contributed by atoms with Crippen LogP contribution in [0.25, 0.3) is 0 Å². The highest BCUT2D eigenvalue weighted by Gasteiger charge is 2.27. The number of hydrogen-bond acceptors (Lipinski definition) is 5. The molecule has 140 valence electrons. The molecule has 0 radical (unpaired) electrons. The van der Waals surface area contributed by atoms with E-state index in [1.54, 1.807) is 0 Å². The Bertz CT molecular complexity index is 353. The van der Waals surface area contributed by atoms with E-state index in [0.717, 1.165) is 43.3 Å². The summed E-state index contributed by atoms with van der Waals surface area (Å²) in [5, 5.41) is 0. The van der Waals surface area contributed by atoms with Gasteiger partial charge in [0.25, 0.3) is 0 Å². The summed E-state index contributed by atoms with van der Waals surface area (Å²) in [6.45, 7) is 7.97. The summed E-state index contributed by atoms with van der Waals surface area (Å²) in [4.78, 5) is 11.9. The van der Waals surface area contributed by atoms with Crippen LogP contribution in [0.15, 0.2) is 0 Å². The molecule has 6 nitrogen and oxygen atoms in total. The molecular formula is C16H36NO5S+. The average molecular weight is 355 g/mol. The Morgan fingerprint density at radius 1 is 1.04 bits per heavy atom. The number of rotatable bonds is 12. The topological polar surface area (TPSA) is 87.0 Å². The molecule has 0 heterocycles. The number of carbonyl (C=O) groups excluding carboxylic acids is 1. The van der Waals surface area contributed by atoms with E-state index in [4.69, 9.17) is 18.4 Å². The van der Waals surface area contributed by atoms with Crippen LogP contribution in [0.4, 0.5) is 0 Å². The minimum absolute atomic E-state index is 0.0639. The maximum atomic E-state index is 11.9. The monoisotopic (exact) mass is 354 g/mol. The largest absolute Gasteiger partial charge is 0.459 e. The minimum atomic E-state index is -3.33. The first-order valence-corrected chi connectivity index (χ1v) is 10.0. The lowest BCUT2D eigenvalue weighted by Crippen LogP contribution is -2.43. The van der Waals surface area contributed by atoms with Gasteiger partial charge in [-0.3, -0.25) is 4.79 Å². The van der Waals surface area contributed by atoms with Crippen LogP contribution in [-0.4, -0.2) is 63.7 Å². The molecule has 0 fully saturated rings.